The summed E-state index contributed by atoms with van der Waals surface area (Å²) in [6, 6.07) is 11.7. The van der Waals surface area contributed by atoms with Crippen LogP contribution in [0.1, 0.15) is 59.8 Å². The molecule has 2 saturated heterocycles. The van der Waals surface area contributed by atoms with Crippen LogP contribution in [0, 0.1) is 18.8 Å². The molecule has 32 heavy (non-hydrogen) atoms. The quantitative estimate of drug-likeness (QED) is 0.734. The van der Waals surface area contributed by atoms with E-state index >= 15 is 0 Å². The van der Waals surface area contributed by atoms with Gasteiger partial charge in [0.2, 0.25) is 0 Å². The predicted molar refractivity (Wildman–Crippen MR) is 120 cm³/mol. The topological polar surface area (TPSA) is 79.2 Å². The molecule has 2 fully saturated rings. The minimum atomic E-state index is -1.10. The van der Waals surface area contributed by atoms with Gasteiger partial charge in [-0.2, -0.15) is 0 Å². The maximum absolute atomic E-state index is 11.5. The number of carbonyl (C=O) groups is 1. The largest absolute Gasteiger partial charge is 0.507 e. The van der Waals surface area contributed by atoms with Crippen molar-refractivity contribution in [3.8, 4) is 11.5 Å². The Morgan fingerprint density at radius 3 is 2.81 bits per heavy atom. The van der Waals surface area contributed by atoms with Gasteiger partial charge in [-0.1, -0.05) is 24.3 Å². The van der Waals surface area contributed by atoms with E-state index in [1.807, 2.05) is 18.2 Å². The molecule has 3 aliphatic heterocycles. The number of carboxylic acid groups (broad SMARTS) is 1. The molecule has 0 aromatic heterocycles. The smallest absolute Gasteiger partial charge is 0.339 e. The molecule has 0 amide bonds. The third kappa shape index (κ3) is 3.65. The Kier molecular flexibility index (Phi) is 5.18. The van der Waals surface area contributed by atoms with E-state index in [2.05, 4.69) is 30.9 Å². The van der Waals surface area contributed by atoms with Gasteiger partial charge in [-0.3, -0.25) is 4.90 Å². The lowest BCUT2D eigenvalue weighted by molar-refractivity contribution is -0.187. The molecule has 2 N–H and O–H groups in total. The van der Waals surface area contributed by atoms with Crippen molar-refractivity contribution in [3.63, 3.8) is 0 Å². The van der Waals surface area contributed by atoms with Crippen molar-refractivity contribution < 1.29 is 24.5 Å². The molecule has 0 spiro atoms. The summed E-state index contributed by atoms with van der Waals surface area (Å²) in [6.45, 7) is 8.56. The van der Waals surface area contributed by atoms with Crippen molar-refractivity contribution in [3.05, 3.63) is 58.7 Å². The number of fused-ring (bicyclic) bond motifs is 4. The lowest BCUT2D eigenvalue weighted by atomic mass is 9.70. The first-order chi connectivity index (χ1) is 15.2. The van der Waals surface area contributed by atoms with E-state index in [0.29, 0.717) is 18.0 Å². The maximum Gasteiger partial charge on any atom is 0.339 e. The van der Waals surface area contributed by atoms with E-state index < -0.39 is 5.97 Å². The Hall–Kier alpha value is -2.57. The summed E-state index contributed by atoms with van der Waals surface area (Å²) < 4.78 is 13.1. The Bertz CT molecular complexity index is 1050. The predicted octanol–water partition coefficient (Wildman–Crippen LogP) is 4.54. The number of aromatic hydroxyl groups is 1. The van der Waals surface area contributed by atoms with Gasteiger partial charge >= 0.3 is 5.97 Å². The molecule has 6 heteroatoms. The Labute approximate surface area is 188 Å². The second kappa shape index (κ2) is 7.78. The van der Waals surface area contributed by atoms with E-state index in [-0.39, 0.29) is 35.0 Å². The summed E-state index contributed by atoms with van der Waals surface area (Å²) in [4.78, 5) is 13.9. The number of nitrogens with zero attached hydrogens (tertiary/aromatic N) is 1. The molecule has 4 atom stereocenters. The number of phenols is 1. The number of aromatic carboxylic acids is 1. The molecule has 0 bridgehead atoms. The average molecular weight is 438 g/mol. The Balaban J connectivity index is 1.33. The SMILES string of the molecule is Cc1cc(CN2CC[C@@H]3O[C@@H]4c5ccccc5OC(C)(C)[C@H]4C[C@H]3C2)cc(C(=O)O)c1O. The zero-order valence-electron chi connectivity index (χ0n) is 18.9. The fraction of sp³-hybridized carbons (Fsp3) is 0.500. The summed E-state index contributed by atoms with van der Waals surface area (Å²) in [6.07, 6.45) is 2.30. The highest BCUT2D eigenvalue weighted by molar-refractivity contribution is 5.91. The average Bonchev–Trinajstić information content (AvgIpc) is 2.74. The van der Waals surface area contributed by atoms with Crippen molar-refractivity contribution in [2.45, 2.75) is 58.0 Å². The molecular weight excluding hydrogens is 406 g/mol. The van der Waals surface area contributed by atoms with Crippen molar-refractivity contribution in [2.24, 2.45) is 11.8 Å². The van der Waals surface area contributed by atoms with E-state index in [9.17, 15) is 15.0 Å². The lowest BCUT2D eigenvalue weighted by Crippen LogP contribution is -2.55. The summed E-state index contributed by atoms with van der Waals surface area (Å²) in [5.74, 6) is 0.388. The molecule has 6 nitrogen and oxygen atoms in total. The fourth-order valence-corrected chi connectivity index (χ4v) is 5.84. The summed E-state index contributed by atoms with van der Waals surface area (Å²) in [5.41, 5.74) is 2.35. The van der Waals surface area contributed by atoms with Gasteiger partial charge in [0.05, 0.1) is 12.2 Å². The van der Waals surface area contributed by atoms with Crippen LogP contribution in [0.3, 0.4) is 0 Å². The van der Waals surface area contributed by atoms with Gasteiger partial charge in [-0.05, 0) is 62.8 Å². The first-order valence-corrected chi connectivity index (χ1v) is 11.4. The zero-order chi connectivity index (χ0) is 22.6. The highest BCUT2D eigenvalue weighted by Gasteiger charge is 2.51. The van der Waals surface area contributed by atoms with Crippen LogP contribution in [0.2, 0.25) is 0 Å². The minimum absolute atomic E-state index is 0.0292. The highest BCUT2D eigenvalue weighted by atomic mass is 16.5. The minimum Gasteiger partial charge on any atom is -0.507 e. The Morgan fingerprint density at radius 1 is 1.25 bits per heavy atom. The molecule has 5 rings (SSSR count). The number of likely N-dealkylation sites (tertiary alicyclic amines) is 1. The molecule has 0 radical (unpaired) electrons. The van der Waals surface area contributed by atoms with Crippen LogP contribution >= 0.6 is 0 Å². The van der Waals surface area contributed by atoms with E-state index in [0.717, 1.165) is 37.2 Å². The normalized spacial score (nSPS) is 28.7. The van der Waals surface area contributed by atoms with Gasteiger partial charge < -0.3 is 19.7 Å². The number of benzene rings is 2. The van der Waals surface area contributed by atoms with Gasteiger partial charge in [0, 0.05) is 31.1 Å². The second-order valence-electron chi connectivity index (χ2n) is 10.1. The van der Waals surface area contributed by atoms with Gasteiger partial charge in [0.1, 0.15) is 22.7 Å². The first kappa shape index (κ1) is 21.3. The van der Waals surface area contributed by atoms with Gasteiger partial charge in [-0.15, -0.1) is 0 Å². The third-order valence-electron chi connectivity index (χ3n) is 7.48. The van der Waals surface area contributed by atoms with Gasteiger partial charge in [0.25, 0.3) is 0 Å². The zero-order valence-corrected chi connectivity index (χ0v) is 18.9. The molecule has 3 aliphatic rings. The van der Waals surface area contributed by atoms with Crippen molar-refractivity contribution in [1.82, 2.24) is 4.90 Å². The van der Waals surface area contributed by atoms with Crippen LogP contribution in [0.15, 0.2) is 36.4 Å². The summed E-state index contributed by atoms with van der Waals surface area (Å²) >= 11 is 0. The standard InChI is InChI=1S/C26H31NO5/c1-15-10-16(11-19(23(15)28)25(29)30)13-27-9-8-21-17(14-27)12-20-24(31-21)18-6-4-5-7-22(18)32-26(20,2)3/h4-7,10-11,17,20-21,24,28H,8-9,12-14H2,1-3H3,(H,29,30)/t17-,20-,21-,24+/m0/s1. The monoisotopic (exact) mass is 437 g/mol. The molecule has 0 saturated carbocycles. The molecule has 2 aromatic rings. The van der Waals surface area contributed by atoms with Crippen molar-refractivity contribution in [1.29, 1.82) is 0 Å². The van der Waals surface area contributed by atoms with Crippen molar-refractivity contribution >= 4 is 5.97 Å². The maximum atomic E-state index is 11.5. The molecular formula is C26H31NO5. The van der Waals surface area contributed by atoms with Crippen LogP contribution in [-0.2, 0) is 11.3 Å². The number of hydrogen-bond donors (Lipinski definition) is 2. The number of piperidine rings is 1. The summed E-state index contributed by atoms with van der Waals surface area (Å²) in [5, 5.41) is 19.5. The van der Waals surface area contributed by atoms with Crippen molar-refractivity contribution in [2.75, 3.05) is 13.1 Å². The van der Waals surface area contributed by atoms with E-state index in [1.165, 1.54) is 5.56 Å². The molecule has 0 aliphatic carbocycles. The second-order valence-corrected chi connectivity index (χ2v) is 10.1. The number of carboxylic acids is 1. The van der Waals surface area contributed by atoms with E-state index in [1.54, 1.807) is 13.0 Å². The van der Waals surface area contributed by atoms with E-state index in [4.69, 9.17) is 9.47 Å². The number of para-hydroxylation sites is 1. The molecule has 3 heterocycles. The van der Waals surface area contributed by atoms with Gasteiger partial charge in [-0.25, -0.2) is 4.79 Å². The van der Waals surface area contributed by atoms with Crippen LogP contribution in [-0.4, -0.2) is 45.9 Å². The fourth-order valence-electron chi connectivity index (χ4n) is 5.84. The summed E-state index contributed by atoms with van der Waals surface area (Å²) in [7, 11) is 0. The first-order valence-electron chi connectivity index (χ1n) is 11.4. The Morgan fingerprint density at radius 2 is 2.03 bits per heavy atom. The number of ether oxygens (including phenoxy) is 2. The molecule has 2 aromatic carbocycles. The number of rotatable bonds is 3. The third-order valence-corrected chi connectivity index (χ3v) is 7.48. The molecule has 0 unspecified atom stereocenters. The van der Waals surface area contributed by atoms with Gasteiger partial charge in [0.15, 0.2) is 0 Å². The lowest BCUT2D eigenvalue weighted by Gasteiger charge is -2.53. The van der Waals surface area contributed by atoms with Crippen LogP contribution in [0.4, 0.5) is 0 Å². The number of hydrogen-bond acceptors (Lipinski definition) is 5. The molecule has 170 valence electrons. The van der Waals surface area contributed by atoms with Crippen LogP contribution in [0.25, 0.3) is 0 Å². The van der Waals surface area contributed by atoms with Crippen LogP contribution in [0.5, 0.6) is 11.5 Å². The highest BCUT2D eigenvalue weighted by Crippen LogP contribution is 2.52. The van der Waals surface area contributed by atoms with Crippen LogP contribution < -0.4 is 4.74 Å². The number of aryl methyl sites for hydroxylation is 1.